The van der Waals surface area contributed by atoms with Crippen molar-refractivity contribution in [3.8, 4) is 0 Å². The smallest absolute Gasteiger partial charge is 0.303 e. The Morgan fingerprint density at radius 3 is 2.38 bits per heavy atom. The van der Waals surface area contributed by atoms with E-state index < -0.39 is 5.97 Å². The molecule has 1 fully saturated rings. The Morgan fingerprint density at radius 2 is 1.71 bits per heavy atom. The van der Waals surface area contributed by atoms with E-state index in [0.717, 1.165) is 29.9 Å². The zero-order chi connectivity index (χ0) is 24.3. The summed E-state index contributed by atoms with van der Waals surface area (Å²) in [6.07, 6.45) is 5.88. The lowest BCUT2D eigenvalue weighted by Crippen LogP contribution is -2.45. The van der Waals surface area contributed by atoms with Gasteiger partial charge in [-0.15, -0.1) is 11.6 Å². The van der Waals surface area contributed by atoms with E-state index in [-0.39, 0.29) is 18.2 Å². The van der Waals surface area contributed by atoms with Gasteiger partial charge in [-0.05, 0) is 56.4 Å². The SMILES string of the molecule is O=C(O)CCCCN(C(=O)CCCCCl)c1ccc(N2CCC=C(N3CCOCC3)C2=O)cc1. The number of carbonyl (C=O) groups excluding carboxylic acids is 2. The number of unbranched alkanes of at least 4 members (excludes halogenated alkanes) is 2. The molecule has 0 saturated carbocycles. The third-order valence-corrected chi connectivity index (χ3v) is 6.34. The van der Waals surface area contributed by atoms with E-state index in [1.807, 2.05) is 30.3 Å². The Bertz CT molecular complexity index is 868. The number of rotatable bonds is 12. The molecule has 0 aliphatic carbocycles. The fourth-order valence-electron chi connectivity index (χ4n) is 4.23. The third kappa shape index (κ3) is 7.21. The first-order chi connectivity index (χ1) is 16.5. The average molecular weight is 492 g/mol. The molecule has 9 heteroatoms. The predicted octanol–water partition coefficient (Wildman–Crippen LogP) is 3.64. The van der Waals surface area contributed by atoms with Crippen molar-refractivity contribution in [2.24, 2.45) is 0 Å². The van der Waals surface area contributed by atoms with Crippen LogP contribution in [-0.2, 0) is 19.1 Å². The number of hydrogen-bond donors (Lipinski definition) is 1. The maximum absolute atomic E-state index is 13.2. The zero-order valence-corrected chi connectivity index (χ0v) is 20.3. The van der Waals surface area contributed by atoms with Crippen LogP contribution in [-0.4, -0.2) is 73.1 Å². The van der Waals surface area contributed by atoms with Gasteiger partial charge in [0.05, 0.1) is 18.9 Å². The van der Waals surface area contributed by atoms with Crippen LogP contribution in [0.1, 0.15) is 44.9 Å². The molecule has 3 rings (SSSR count). The van der Waals surface area contributed by atoms with E-state index in [0.29, 0.717) is 71.0 Å². The monoisotopic (exact) mass is 491 g/mol. The number of hydrogen-bond acceptors (Lipinski definition) is 5. The maximum atomic E-state index is 13.2. The van der Waals surface area contributed by atoms with Crippen molar-refractivity contribution in [2.75, 3.05) is 55.1 Å². The van der Waals surface area contributed by atoms with Crippen LogP contribution < -0.4 is 9.80 Å². The molecule has 0 unspecified atom stereocenters. The van der Waals surface area contributed by atoms with Gasteiger partial charge in [0.2, 0.25) is 5.91 Å². The normalized spacial score (nSPS) is 16.4. The van der Waals surface area contributed by atoms with Crippen molar-refractivity contribution in [2.45, 2.75) is 44.9 Å². The number of halogens is 1. The summed E-state index contributed by atoms with van der Waals surface area (Å²) in [5.74, 6) is -0.324. The second kappa shape index (κ2) is 13.3. The minimum absolute atomic E-state index is 0.000206. The number of ether oxygens (including phenoxy) is 1. The lowest BCUT2D eigenvalue weighted by molar-refractivity contribution is -0.137. The third-order valence-electron chi connectivity index (χ3n) is 6.08. The van der Waals surface area contributed by atoms with E-state index in [1.165, 1.54) is 0 Å². The quantitative estimate of drug-likeness (QED) is 0.354. The van der Waals surface area contributed by atoms with Crippen molar-refractivity contribution >= 4 is 40.8 Å². The molecular weight excluding hydrogens is 458 g/mol. The molecule has 34 heavy (non-hydrogen) atoms. The summed E-state index contributed by atoms with van der Waals surface area (Å²) in [4.78, 5) is 42.5. The Balaban J connectivity index is 1.69. The molecule has 2 amide bonds. The van der Waals surface area contributed by atoms with Gasteiger partial charge in [0.15, 0.2) is 0 Å². The molecule has 0 aromatic heterocycles. The molecule has 8 nitrogen and oxygen atoms in total. The number of carboxylic acid groups (broad SMARTS) is 1. The van der Waals surface area contributed by atoms with E-state index in [9.17, 15) is 14.4 Å². The molecule has 2 heterocycles. The van der Waals surface area contributed by atoms with E-state index in [1.54, 1.807) is 9.80 Å². The van der Waals surface area contributed by atoms with Gasteiger partial charge in [-0.25, -0.2) is 0 Å². The highest BCUT2D eigenvalue weighted by atomic mass is 35.5. The molecule has 0 spiro atoms. The fourth-order valence-corrected chi connectivity index (χ4v) is 4.42. The number of aliphatic carboxylic acids is 1. The van der Waals surface area contributed by atoms with Gasteiger partial charge in [0.1, 0.15) is 0 Å². The molecule has 0 bridgehead atoms. The van der Waals surface area contributed by atoms with E-state index in [2.05, 4.69) is 4.90 Å². The Hall–Kier alpha value is -2.58. The Kier molecular flexibility index (Phi) is 10.2. The number of amides is 2. The van der Waals surface area contributed by atoms with Crippen LogP contribution in [0, 0.1) is 0 Å². The summed E-state index contributed by atoms with van der Waals surface area (Å²) in [6.45, 7) is 3.75. The highest BCUT2D eigenvalue weighted by molar-refractivity contribution is 6.17. The lowest BCUT2D eigenvalue weighted by Gasteiger charge is -2.35. The molecule has 1 saturated heterocycles. The number of anilines is 2. The summed E-state index contributed by atoms with van der Waals surface area (Å²) >= 11 is 5.75. The molecule has 1 aromatic rings. The fraction of sp³-hybridized carbons (Fsp3) is 0.560. The maximum Gasteiger partial charge on any atom is 0.303 e. The highest BCUT2D eigenvalue weighted by Gasteiger charge is 2.28. The first kappa shape index (κ1) is 26.0. The van der Waals surface area contributed by atoms with Crippen molar-refractivity contribution < 1.29 is 24.2 Å². The van der Waals surface area contributed by atoms with Gasteiger partial charge < -0.3 is 24.5 Å². The highest BCUT2D eigenvalue weighted by Crippen LogP contribution is 2.27. The molecule has 1 N–H and O–H groups in total. The number of alkyl halides is 1. The van der Waals surface area contributed by atoms with Gasteiger partial charge >= 0.3 is 5.97 Å². The minimum atomic E-state index is -0.832. The van der Waals surface area contributed by atoms with Gasteiger partial charge in [-0.1, -0.05) is 6.08 Å². The summed E-state index contributed by atoms with van der Waals surface area (Å²) in [6, 6.07) is 7.50. The summed E-state index contributed by atoms with van der Waals surface area (Å²) in [5, 5.41) is 8.89. The average Bonchev–Trinajstić information content (AvgIpc) is 2.85. The first-order valence-electron chi connectivity index (χ1n) is 12.0. The number of carboxylic acids is 1. The van der Waals surface area contributed by atoms with Crippen LogP contribution >= 0.6 is 11.6 Å². The predicted molar refractivity (Wildman–Crippen MR) is 132 cm³/mol. The number of morpholine rings is 1. The van der Waals surface area contributed by atoms with Crippen molar-refractivity contribution in [3.63, 3.8) is 0 Å². The van der Waals surface area contributed by atoms with Gasteiger partial charge in [0.25, 0.3) is 5.91 Å². The van der Waals surface area contributed by atoms with Crippen LogP contribution in [0.5, 0.6) is 0 Å². The van der Waals surface area contributed by atoms with E-state index >= 15 is 0 Å². The molecule has 2 aliphatic rings. The number of carbonyl (C=O) groups is 3. The molecule has 186 valence electrons. The van der Waals surface area contributed by atoms with Crippen LogP contribution in [0.2, 0.25) is 0 Å². The van der Waals surface area contributed by atoms with E-state index in [4.69, 9.17) is 21.4 Å². The van der Waals surface area contributed by atoms with Gasteiger partial charge in [-0.2, -0.15) is 0 Å². The number of nitrogens with zero attached hydrogens (tertiary/aromatic N) is 3. The first-order valence-corrected chi connectivity index (χ1v) is 12.6. The molecule has 0 atom stereocenters. The minimum Gasteiger partial charge on any atom is -0.481 e. The zero-order valence-electron chi connectivity index (χ0n) is 19.6. The van der Waals surface area contributed by atoms with Crippen LogP contribution in [0.15, 0.2) is 36.0 Å². The van der Waals surface area contributed by atoms with Crippen molar-refractivity contribution in [1.82, 2.24) is 4.90 Å². The van der Waals surface area contributed by atoms with Gasteiger partial charge in [0, 0.05) is 56.3 Å². The van der Waals surface area contributed by atoms with Gasteiger partial charge in [-0.3, -0.25) is 14.4 Å². The van der Waals surface area contributed by atoms with Crippen molar-refractivity contribution in [3.05, 3.63) is 36.0 Å². The second-order valence-electron chi connectivity index (χ2n) is 8.49. The molecule has 0 radical (unpaired) electrons. The Labute approximate surface area is 206 Å². The molecular formula is C25H34ClN3O5. The van der Waals surface area contributed by atoms with Crippen LogP contribution in [0.3, 0.4) is 0 Å². The standard InChI is InChI=1S/C25H34ClN3O5/c26-13-3-1-7-23(30)28(14-4-2-8-24(31)32)20-9-11-21(12-10-20)29-15-5-6-22(25(29)33)27-16-18-34-19-17-27/h6,9-12H,1-5,7-8,13-19H2,(H,31,32). The lowest BCUT2D eigenvalue weighted by atomic mass is 10.1. The van der Waals surface area contributed by atoms with Crippen LogP contribution in [0.25, 0.3) is 0 Å². The topological polar surface area (TPSA) is 90.4 Å². The summed E-state index contributed by atoms with van der Waals surface area (Å²) in [5.41, 5.74) is 2.28. The molecule has 2 aliphatic heterocycles. The molecule has 1 aromatic carbocycles. The largest absolute Gasteiger partial charge is 0.481 e. The summed E-state index contributed by atoms with van der Waals surface area (Å²) < 4.78 is 5.41. The summed E-state index contributed by atoms with van der Waals surface area (Å²) in [7, 11) is 0. The van der Waals surface area contributed by atoms with Crippen molar-refractivity contribution in [1.29, 1.82) is 0 Å². The second-order valence-corrected chi connectivity index (χ2v) is 8.87. The van der Waals surface area contributed by atoms with Crippen LogP contribution in [0.4, 0.5) is 11.4 Å². The Morgan fingerprint density at radius 1 is 1.00 bits per heavy atom. The number of benzene rings is 1.